The Morgan fingerprint density at radius 3 is 2.11 bits per heavy atom. The molecule has 0 spiro atoms. The molecule has 1 unspecified atom stereocenters. The molecule has 1 N–H and O–H groups in total. The minimum atomic E-state index is -0.504. The molecule has 7 aromatic carbocycles. The van der Waals surface area contributed by atoms with E-state index in [1.165, 1.54) is 38.5 Å². The van der Waals surface area contributed by atoms with Crippen LogP contribution in [0.25, 0.3) is 60.6 Å². The summed E-state index contributed by atoms with van der Waals surface area (Å²) >= 11 is 0. The van der Waals surface area contributed by atoms with Gasteiger partial charge in [-0.15, -0.1) is 0 Å². The molecule has 2 aromatic heterocycles. The molecular formula is C48H34N4O. The standard InChI is InChI=1S/C48H34N4O/c1-48(2)38-20-10-6-16-31(38)36-27-37-32-17-7-11-21-40(32)52(42(37)28-39(36)48)41-22-12-8-19-35(41)47-50-45(29-14-4-3-5-15-29)49-46(51-47)30-24-25-34-33-18-9-13-23-43(33)53-44(34)26-30/h3-28,47H,1-2H3,(H,49,50,51). The van der Waals surface area contributed by atoms with Gasteiger partial charge in [-0.1, -0.05) is 129 Å². The van der Waals surface area contributed by atoms with Crippen LogP contribution in [-0.2, 0) is 5.41 Å². The summed E-state index contributed by atoms with van der Waals surface area (Å²) in [4.78, 5) is 10.7. The van der Waals surface area contributed by atoms with Crippen molar-refractivity contribution in [3.8, 4) is 16.8 Å². The lowest BCUT2D eigenvalue weighted by atomic mass is 9.82. The van der Waals surface area contributed by atoms with Crippen LogP contribution in [0.3, 0.4) is 0 Å². The zero-order valence-electron chi connectivity index (χ0n) is 29.3. The lowest BCUT2D eigenvalue weighted by Gasteiger charge is -2.24. The van der Waals surface area contributed by atoms with E-state index in [1.54, 1.807) is 0 Å². The van der Waals surface area contributed by atoms with E-state index in [9.17, 15) is 0 Å². The minimum Gasteiger partial charge on any atom is -0.456 e. The number of nitrogens with zero attached hydrogens (tertiary/aromatic N) is 3. The normalized spacial score (nSPS) is 16.1. The van der Waals surface area contributed by atoms with Gasteiger partial charge in [0.2, 0.25) is 0 Å². The van der Waals surface area contributed by atoms with E-state index in [0.717, 1.165) is 61.5 Å². The smallest absolute Gasteiger partial charge is 0.171 e. The highest BCUT2D eigenvalue weighted by atomic mass is 16.3. The largest absolute Gasteiger partial charge is 0.456 e. The van der Waals surface area contributed by atoms with E-state index in [-0.39, 0.29) is 5.41 Å². The van der Waals surface area contributed by atoms with E-state index in [1.807, 2.05) is 36.4 Å². The molecule has 11 rings (SSSR count). The van der Waals surface area contributed by atoms with Crippen LogP contribution in [0.1, 0.15) is 47.8 Å². The van der Waals surface area contributed by atoms with Gasteiger partial charge in [-0.2, -0.15) is 0 Å². The lowest BCUT2D eigenvalue weighted by Crippen LogP contribution is -2.36. The summed E-state index contributed by atoms with van der Waals surface area (Å²) in [5, 5.41) is 8.25. The molecule has 53 heavy (non-hydrogen) atoms. The van der Waals surface area contributed by atoms with Crippen molar-refractivity contribution in [2.24, 2.45) is 9.98 Å². The fourth-order valence-corrected chi connectivity index (χ4v) is 8.68. The number of aliphatic imine (C=N–C) groups is 2. The average molecular weight is 683 g/mol. The second-order valence-electron chi connectivity index (χ2n) is 14.6. The Labute approximate surface area is 306 Å². The third-order valence-corrected chi connectivity index (χ3v) is 11.3. The van der Waals surface area contributed by atoms with Gasteiger partial charge < -0.3 is 14.3 Å². The quantitative estimate of drug-likeness (QED) is 0.201. The van der Waals surface area contributed by atoms with Gasteiger partial charge in [-0.25, -0.2) is 9.98 Å². The van der Waals surface area contributed by atoms with Crippen LogP contribution >= 0.6 is 0 Å². The van der Waals surface area contributed by atoms with E-state index < -0.39 is 6.17 Å². The zero-order chi connectivity index (χ0) is 35.3. The van der Waals surface area contributed by atoms with Crippen molar-refractivity contribution in [1.82, 2.24) is 9.88 Å². The molecule has 0 amide bonds. The number of nitrogens with one attached hydrogen (secondary N) is 1. The molecule has 3 heterocycles. The molecule has 2 aliphatic rings. The Kier molecular flexibility index (Phi) is 6.30. The molecule has 0 bridgehead atoms. The summed E-state index contributed by atoms with van der Waals surface area (Å²) in [6.07, 6.45) is -0.504. The van der Waals surface area contributed by atoms with Crippen LogP contribution in [0.4, 0.5) is 0 Å². The van der Waals surface area contributed by atoms with Gasteiger partial charge in [0.1, 0.15) is 22.8 Å². The summed E-state index contributed by atoms with van der Waals surface area (Å²) in [6.45, 7) is 4.69. The first kappa shape index (κ1) is 30.0. The number of hydrogen-bond donors (Lipinski definition) is 1. The van der Waals surface area contributed by atoms with Gasteiger partial charge in [-0.05, 0) is 64.7 Å². The molecule has 0 saturated heterocycles. The maximum atomic E-state index is 6.31. The monoisotopic (exact) mass is 682 g/mol. The predicted molar refractivity (Wildman–Crippen MR) is 217 cm³/mol. The average Bonchev–Trinajstić information content (AvgIpc) is 3.82. The van der Waals surface area contributed by atoms with E-state index in [0.29, 0.717) is 0 Å². The van der Waals surface area contributed by atoms with Gasteiger partial charge in [0.05, 0.1) is 16.7 Å². The first-order chi connectivity index (χ1) is 26.0. The van der Waals surface area contributed by atoms with Crippen molar-refractivity contribution in [3.05, 3.63) is 186 Å². The van der Waals surface area contributed by atoms with Gasteiger partial charge in [0, 0.05) is 43.7 Å². The lowest BCUT2D eigenvalue weighted by molar-refractivity contribution is 0.661. The summed E-state index contributed by atoms with van der Waals surface area (Å²) in [5.41, 5.74) is 13.3. The number of para-hydroxylation sites is 3. The number of hydrogen-bond acceptors (Lipinski definition) is 4. The first-order valence-electron chi connectivity index (χ1n) is 18.2. The first-order valence-corrected chi connectivity index (χ1v) is 18.2. The highest BCUT2D eigenvalue weighted by Gasteiger charge is 2.36. The number of benzene rings is 7. The second-order valence-corrected chi connectivity index (χ2v) is 14.6. The number of rotatable bonds is 4. The van der Waals surface area contributed by atoms with Gasteiger partial charge >= 0.3 is 0 Å². The predicted octanol–water partition coefficient (Wildman–Crippen LogP) is 11.5. The topological polar surface area (TPSA) is 54.8 Å². The third kappa shape index (κ3) is 4.44. The molecule has 1 atom stereocenters. The van der Waals surface area contributed by atoms with Gasteiger partial charge in [-0.3, -0.25) is 0 Å². The fraction of sp³-hybridized carbons (Fsp3) is 0.0833. The van der Waals surface area contributed by atoms with Crippen LogP contribution in [0.2, 0.25) is 0 Å². The Balaban J connectivity index is 1.12. The Morgan fingerprint density at radius 2 is 1.23 bits per heavy atom. The number of amidine groups is 2. The van der Waals surface area contributed by atoms with Gasteiger partial charge in [0.25, 0.3) is 0 Å². The molecule has 9 aromatic rings. The SMILES string of the molecule is CC1(C)c2ccccc2-c2cc3c4ccccc4n(-c4ccccc4C4N=C(c5ccccc5)NC(c5ccc6c(c5)oc5ccccc56)=N4)c3cc21. The summed E-state index contributed by atoms with van der Waals surface area (Å²) in [7, 11) is 0. The fourth-order valence-electron chi connectivity index (χ4n) is 8.68. The van der Waals surface area contributed by atoms with Gasteiger partial charge in [0.15, 0.2) is 6.17 Å². The van der Waals surface area contributed by atoms with Crippen LogP contribution in [0, 0.1) is 0 Å². The Hall–Kier alpha value is -6.72. The van der Waals surface area contributed by atoms with Crippen molar-refractivity contribution >= 4 is 55.4 Å². The molecular weight excluding hydrogens is 649 g/mol. The third-order valence-electron chi connectivity index (χ3n) is 11.3. The van der Waals surface area contributed by atoms with Crippen LogP contribution in [0.15, 0.2) is 172 Å². The maximum Gasteiger partial charge on any atom is 0.171 e. The van der Waals surface area contributed by atoms with Crippen LogP contribution in [-0.4, -0.2) is 16.2 Å². The molecule has 0 saturated carbocycles. The zero-order valence-corrected chi connectivity index (χ0v) is 29.3. The van der Waals surface area contributed by atoms with E-state index in [2.05, 4.69) is 145 Å². The Bertz CT molecular complexity index is 3020. The Morgan fingerprint density at radius 1 is 0.528 bits per heavy atom. The molecule has 1 aliphatic carbocycles. The number of furan rings is 1. The van der Waals surface area contributed by atoms with Crippen molar-refractivity contribution in [2.45, 2.75) is 25.4 Å². The summed E-state index contributed by atoms with van der Waals surface area (Å²) in [6, 6.07) is 55.9. The molecule has 5 nitrogen and oxygen atoms in total. The number of fused-ring (bicyclic) bond motifs is 9. The van der Waals surface area contributed by atoms with Crippen molar-refractivity contribution < 1.29 is 4.42 Å². The van der Waals surface area contributed by atoms with Crippen LogP contribution in [0.5, 0.6) is 0 Å². The summed E-state index contributed by atoms with van der Waals surface area (Å²) in [5.74, 6) is 1.53. The maximum absolute atomic E-state index is 6.31. The van der Waals surface area contributed by atoms with Crippen molar-refractivity contribution in [3.63, 3.8) is 0 Å². The van der Waals surface area contributed by atoms with E-state index in [4.69, 9.17) is 14.4 Å². The van der Waals surface area contributed by atoms with Crippen molar-refractivity contribution in [1.29, 1.82) is 0 Å². The van der Waals surface area contributed by atoms with Crippen molar-refractivity contribution in [2.75, 3.05) is 0 Å². The molecule has 1 aliphatic heterocycles. The highest BCUT2D eigenvalue weighted by Crippen LogP contribution is 2.51. The second kappa shape index (κ2) is 11.1. The minimum absolute atomic E-state index is 0.120. The summed E-state index contributed by atoms with van der Waals surface area (Å²) < 4.78 is 8.73. The number of aromatic nitrogens is 1. The highest BCUT2D eigenvalue weighted by molar-refractivity contribution is 6.17. The molecule has 252 valence electrons. The molecule has 0 radical (unpaired) electrons. The van der Waals surface area contributed by atoms with Crippen LogP contribution < -0.4 is 5.32 Å². The molecule has 0 fully saturated rings. The molecule has 5 heteroatoms. The van der Waals surface area contributed by atoms with E-state index >= 15 is 0 Å².